The minimum atomic E-state index is 0.461. The monoisotopic (exact) mass is 367 g/mol. The summed E-state index contributed by atoms with van der Waals surface area (Å²) in [7, 11) is 2.20. The maximum atomic E-state index is 5.04. The van der Waals surface area contributed by atoms with Crippen molar-refractivity contribution in [2.75, 3.05) is 20.1 Å². The van der Waals surface area contributed by atoms with E-state index in [1.807, 2.05) is 12.2 Å². The summed E-state index contributed by atoms with van der Waals surface area (Å²) in [4.78, 5) is 19.1. The number of likely N-dealkylation sites (tertiary alicyclic amines) is 1. The van der Waals surface area contributed by atoms with Gasteiger partial charge < -0.3 is 14.9 Å². The summed E-state index contributed by atoms with van der Waals surface area (Å²) in [5.41, 5.74) is 8.55. The van der Waals surface area contributed by atoms with E-state index in [1.165, 1.54) is 11.4 Å². The van der Waals surface area contributed by atoms with Gasteiger partial charge in [0.05, 0.1) is 11.4 Å². The normalized spacial score (nSPS) is 21.2. The van der Waals surface area contributed by atoms with E-state index >= 15 is 0 Å². The number of H-pyrrole nitrogens is 2. The molecule has 3 aromatic heterocycles. The second kappa shape index (κ2) is 5.91. The molecule has 2 unspecified atom stereocenters. The van der Waals surface area contributed by atoms with Crippen molar-refractivity contribution >= 4 is 34.2 Å². The molecule has 0 aromatic carbocycles. The zero-order valence-corrected chi connectivity index (χ0v) is 15.7. The van der Waals surface area contributed by atoms with E-state index in [0.29, 0.717) is 11.8 Å². The second-order valence-electron chi connectivity index (χ2n) is 8.01. The molecule has 0 spiro atoms. The lowest BCUT2D eigenvalue weighted by Gasteiger charge is -2.06. The van der Waals surface area contributed by atoms with Crippen LogP contribution in [0.4, 0.5) is 0 Å². The fraction of sp³-hybridized carbons (Fsp3) is 0.217. The molecule has 5 nitrogen and oxygen atoms in total. The minimum absolute atomic E-state index is 0.461. The van der Waals surface area contributed by atoms with Crippen LogP contribution in [0.2, 0.25) is 0 Å². The van der Waals surface area contributed by atoms with Gasteiger partial charge in [0.25, 0.3) is 0 Å². The fourth-order valence-corrected chi connectivity index (χ4v) is 4.58. The number of hydrogen-bond acceptors (Lipinski definition) is 3. The maximum absolute atomic E-state index is 5.04. The largest absolute Gasteiger partial charge is 0.355 e. The maximum Gasteiger partial charge on any atom is 0.0658 e. The van der Waals surface area contributed by atoms with Gasteiger partial charge in [-0.2, -0.15) is 0 Å². The lowest BCUT2D eigenvalue weighted by Crippen LogP contribution is -2.14. The second-order valence-corrected chi connectivity index (χ2v) is 8.01. The van der Waals surface area contributed by atoms with Gasteiger partial charge in [0.1, 0.15) is 0 Å². The van der Waals surface area contributed by atoms with E-state index in [1.54, 1.807) is 0 Å². The molecule has 3 aliphatic heterocycles. The van der Waals surface area contributed by atoms with Gasteiger partial charge in [0.15, 0.2) is 0 Å². The van der Waals surface area contributed by atoms with Gasteiger partial charge in [-0.15, -0.1) is 0 Å². The molecule has 2 atom stereocenters. The first-order valence-electron chi connectivity index (χ1n) is 9.74. The Morgan fingerprint density at radius 1 is 0.714 bits per heavy atom. The molecule has 3 aliphatic rings. The van der Waals surface area contributed by atoms with Crippen LogP contribution < -0.4 is 0 Å². The zero-order chi connectivity index (χ0) is 18.7. The number of fused-ring (bicyclic) bond motifs is 11. The van der Waals surface area contributed by atoms with Gasteiger partial charge >= 0.3 is 0 Å². The summed E-state index contributed by atoms with van der Waals surface area (Å²) in [6.45, 7) is 2.11. The number of aromatic nitrogens is 4. The number of nitrogens with zero attached hydrogens (tertiary/aromatic N) is 3. The van der Waals surface area contributed by atoms with E-state index < -0.39 is 0 Å². The molecule has 3 aromatic rings. The predicted molar refractivity (Wildman–Crippen MR) is 113 cm³/mol. The summed E-state index contributed by atoms with van der Waals surface area (Å²) in [5, 5.41) is 0. The molecule has 0 saturated carbocycles. The first-order valence-corrected chi connectivity index (χ1v) is 9.74. The van der Waals surface area contributed by atoms with Crippen LogP contribution in [-0.4, -0.2) is 45.0 Å². The van der Waals surface area contributed by atoms with Gasteiger partial charge in [0, 0.05) is 58.4 Å². The van der Waals surface area contributed by atoms with E-state index in [2.05, 4.69) is 70.4 Å². The Morgan fingerprint density at radius 2 is 1.18 bits per heavy atom. The summed E-state index contributed by atoms with van der Waals surface area (Å²) in [5.74, 6) is 0.921. The van der Waals surface area contributed by atoms with Crippen LogP contribution >= 0.6 is 0 Å². The van der Waals surface area contributed by atoms with E-state index in [0.717, 1.165) is 46.5 Å². The lowest BCUT2D eigenvalue weighted by atomic mass is 9.93. The highest BCUT2D eigenvalue weighted by molar-refractivity contribution is 5.74. The van der Waals surface area contributed by atoms with Crippen molar-refractivity contribution in [2.45, 2.75) is 11.8 Å². The molecule has 1 saturated heterocycles. The Labute approximate surface area is 162 Å². The Bertz CT molecular complexity index is 1170. The molecule has 0 amide bonds. The molecule has 0 radical (unpaired) electrons. The molecule has 0 aliphatic carbocycles. The molecule has 138 valence electrons. The number of likely N-dealkylation sites (N-methyl/N-ethyl adjacent to an activating group) is 1. The fourth-order valence-electron chi connectivity index (χ4n) is 4.58. The molecule has 6 rings (SSSR count). The molecule has 2 N–H and O–H groups in total. The Kier molecular flexibility index (Phi) is 3.34. The molecular weight excluding hydrogens is 346 g/mol. The van der Waals surface area contributed by atoms with Crippen LogP contribution in [0.1, 0.15) is 34.6 Å². The summed E-state index contributed by atoms with van der Waals surface area (Å²) < 4.78 is 0. The number of nitrogens with one attached hydrogen (secondary N) is 2. The molecule has 5 heteroatoms. The molecule has 8 bridgehead atoms. The van der Waals surface area contributed by atoms with Crippen LogP contribution in [0.3, 0.4) is 0 Å². The first-order chi connectivity index (χ1) is 13.7. The third-order valence-electron chi connectivity index (χ3n) is 5.88. The van der Waals surface area contributed by atoms with Gasteiger partial charge in [-0.3, -0.25) is 4.98 Å². The van der Waals surface area contributed by atoms with E-state index in [4.69, 9.17) is 9.97 Å². The highest BCUT2D eigenvalue weighted by Gasteiger charge is 2.38. The highest BCUT2D eigenvalue weighted by Crippen LogP contribution is 2.41. The van der Waals surface area contributed by atoms with Gasteiger partial charge in [-0.05, 0) is 67.7 Å². The Balaban J connectivity index is 1.65. The van der Waals surface area contributed by atoms with E-state index in [9.17, 15) is 0 Å². The van der Waals surface area contributed by atoms with Crippen LogP contribution in [0.5, 0.6) is 0 Å². The van der Waals surface area contributed by atoms with Crippen molar-refractivity contribution in [2.24, 2.45) is 0 Å². The van der Waals surface area contributed by atoms with E-state index in [-0.39, 0.29) is 0 Å². The van der Waals surface area contributed by atoms with Gasteiger partial charge in [-0.25, -0.2) is 4.98 Å². The number of aromatic amines is 2. The highest BCUT2D eigenvalue weighted by atomic mass is 15.1. The average molecular weight is 367 g/mol. The summed E-state index contributed by atoms with van der Waals surface area (Å²) in [6, 6.07) is 17.0. The smallest absolute Gasteiger partial charge is 0.0658 e. The Hall–Kier alpha value is -3.18. The number of rotatable bonds is 0. The van der Waals surface area contributed by atoms with Crippen molar-refractivity contribution < 1.29 is 0 Å². The first kappa shape index (κ1) is 15.8. The van der Waals surface area contributed by atoms with Crippen molar-refractivity contribution in [3.63, 3.8) is 0 Å². The van der Waals surface area contributed by atoms with Crippen LogP contribution in [0, 0.1) is 0 Å². The van der Waals surface area contributed by atoms with Gasteiger partial charge in [0.2, 0.25) is 0 Å². The quantitative estimate of drug-likeness (QED) is 0.487. The number of hydrogen-bond donors (Lipinski definition) is 2. The third-order valence-corrected chi connectivity index (χ3v) is 5.88. The SMILES string of the molecule is CN1CC2c3cc4ccc(cc5nc(cc6ccc(cc(n3)C2C1)[nH]6)C=C5)[nH]4. The molecule has 6 heterocycles. The summed E-state index contributed by atoms with van der Waals surface area (Å²) in [6.07, 6.45) is 4.09. The van der Waals surface area contributed by atoms with Crippen LogP contribution in [-0.2, 0) is 0 Å². The minimum Gasteiger partial charge on any atom is -0.355 e. The zero-order valence-electron chi connectivity index (χ0n) is 15.7. The van der Waals surface area contributed by atoms with Crippen LogP contribution in [0.15, 0.2) is 48.5 Å². The van der Waals surface area contributed by atoms with Crippen molar-refractivity contribution in [3.8, 4) is 0 Å². The standard InChI is InChI=1S/C23H21N5/c1-28-12-20-21(13-28)23-11-19-7-5-17(26-19)9-15-3-2-14(24-15)8-16-4-6-18(25-16)10-22(20)27-23/h2-11,20-21,25-26H,12-13H2,1H3. The summed E-state index contributed by atoms with van der Waals surface area (Å²) >= 11 is 0. The van der Waals surface area contributed by atoms with Gasteiger partial charge in [-0.1, -0.05) is 0 Å². The Morgan fingerprint density at radius 3 is 1.68 bits per heavy atom. The average Bonchev–Trinajstić information content (AvgIpc) is 3.44. The van der Waals surface area contributed by atoms with Crippen molar-refractivity contribution in [1.29, 1.82) is 0 Å². The van der Waals surface area contributed by atoms with Crippen molar-refractivity contribution in [3.05, 3.63) is 71.3 Å². The topological polar surface area (TPSA) is 60.6 Å². The molecular formula is C23H21N5. The van der Waals surface area contributed by atoms with Crippen LogP contribution in [0.25, 0.3) is 34.2 Å². The lowest BCUT2D eigenvalue weighted by molar-refractivity contribution is 0.404. The molecule has 28 heavy (non-hydrogen) atoms. The predicted octanol–water partition coefficient (Wildman–Crippen LogP) is 4.30. The molecule has 1 fully saturated rings. The van der Waals surface area contributed by atoms with Crippen molar-refractivity contribution in [1.82, 2.24) is 24.8 Å². The third kappa shape index (κ3) is 2.67.